The molecule has 21 heavy (non-hydrogen) atoms. The van der Waals surface area contributed by atoms with Gasteiger partial charge in [0.2, 0.25) is 0 Å². The molecule has 0 aliphatic heterocycles. The quantitative estimate of drug-likeness (QED) is 0.661. The van der Waals surface area contributed by atoms with Crippen LogP contribution in [0.25, 0.3) is 16.8 Å². The zero-order valence-electron chi connectivity index (χ0n) is 11.9. The highest BCUT2D eigenvalue weighted by atomic mass is 79.9. The van der Waals surface area contributed by atoms with E-state index >= 15 is 0 Å². The molecule has 0 amide bonds. The van der Waals surface area contributed by atoms with Crippen molar-refractivity contribution < 1.29 is 0 Å². The fraction of sp³-hybridized carbons (Fsp3) is 0.294. The van der Waals surface area contributed by atoms with E-state index in [2.05, 4.69) is 57.2 Å². The second kappa shape index (κ2) is 4.95. The third-order valence-electron chi connectivity index (χ3n) is 4.31. The van der Waals surface area contributed by atoms with E-state index in [9.17, 15) is 0 Å². The van der Waals surface area contributed by atoms with E-state index in [0.717, 1.165) is 40.0 Å². The van der Waals surface area contributed by atoms with Crippen molar-refractivity contribution in [3.63, 3.8) is 0 Å². The van der Waals surface area contributed by atoms with Crippen LogP contribution in [-0.4, -0.2) is 14.6 Å². The predicted octanol–water partition coefficient (Wildman–Crippen LogP) is 4.28. The smallest absolute Gasteiger partial charge is 0.163 e. The Morgan fingerprint density at radius 1 is 1.19 bits per heavy atom. The van der Waals surface area contributed by atoms with Gasteiger partial charge in [-0.2, -0.15) is 5.10 Å². The number of hydrogen-bond acceptors (Lipinski definition) is 2. The molecule has 1 unspecified atom stereocenters. The molecule has 0 radical (unpaired) electrons. The summed E-state index contributed by atoms with van der Waals surface area (Å²) in [5.41, 5.74) is 5.91. The standard InChI is InChI=1S/C17H16BrN3/c1-11-2-7-16-13(8-11)9-19-17-15(10-20-21(16)17)12-3-5-14(18)6-4-12/h3-6,9-11H,2,7-8H2,1H3. The van der Waals surface area contributed by atoms with Gasteiger partial charge >= 0.3 is 0 Å². The number of rotatable bonds is 1. The Labute approximate surface area is 132 Å². The van der Waals surface area contributed by atoms with Gasteiger partial charge in [0, 0.05) is 21.9 Å². The van der Waals surface area contributed by atoms with Crippen molar-refractivity contribution in [2.45, 2.75) is 26.2 Å². The second-order valence-corrected chi connectivity index (χ2v) is 6.79. The maximum Gasteiger partial charge on any atom is 0.163 e. The molecule has 0 saturated carbocycles. The van der Waals surface area contributed by atoms with Crippen LogP contribution in [0, 0.1) is 5.92 Å². The molecule has 1 atom stereocenters. The minimum absolute atomic E-state index is 0.748. The van der Waals surface area contributed by atoms with Gasteiger partial charge in [-0.3, -0.25) is 0 Å². The van der Waals surface area contributed by atoms with Gasteiger partial charge in [0.05, 0.1) is 6.20 Å². The number of benzene rings is 1. The van der Waals surface area contributed by atoms with Crippen LogP contribution >= 0.6 is 15.9 Å². The lowest BCUT2D eigenvalue weighted by atomic mass is 9.89. The zero-order valence-corrected chi connectivity index (χ0v) is 13.5. The monoisotopic (exact) mass is 341 g/mol. The van der Waals surface area contributed by atoms with Crippen molar-refractivity contribution in [3.05, 3.63) is 52.4 Å². The molecule has 0 spiro atoms. The molecule has 0 N–H and O–H groups in total. The van der Waals surface area contributed by atoms with E-state index in [1.807, 2.05) is 16.9 Å². The maximum absolute atomic E-state index is 4.68. The normalized spacial score (nSPS) is 17.9. The Balaban J connectivity index is 1.88. The molecule has 106 valence electrons. The molecule has 1 aliphatic carbocycles. The van der Waals surface area contributed by atoms with E-state index in [1.54, 1.807) is 0 Å². The number of halogens is 1. The molecular formula is C17H16BrN3. The summed E-state index contributed by atoms with van der Waals surface area (Å²) in [7, 11) is 0. The SMILES string of the molecule is CC1CCc2c(cnc3c(-c4ccc(Br)cc4)cnn23)C1. The Morgan fingerprint density at radius 2 is 2.00 bits per heavy atom. The molecule has 2 heterocycles. The average Bonchev–Trinajstić information content (AvgIpc) is 2.92. The zero-order chi connectivity index (χ0) is 14.4. The van der Waals surface area contributed by atoms with Crippen molar-refractivity contribution >= 4 is 21.6 Å². The summed E-state index contributed by atoms with van der Waals surface area (Å²) in [6.07, 6.45) is 7.43. The van der Waals surface area contributed by atoms with E-state index < -0.39 is 0 Å². The second-order valence-electron chi connectivity index (χ2n) is 5.88. The van der Waals surface area contributed by atoms with Gasteiger partial charge in [-0.15, -0.1) is 0 Å². The van der Waals surface area contributed by atoms with Crippen LogP contribution in [0.5, 0.6) is 0 Å². The minimum Gasteiger partial charge on any atom is -0.236 e. The summed E-state index contributed by atoms with van der Waals surface area (Å²) >= 11 is 3.48. The maximum atomic E-state index is 4.68. The van der Waals surface area contributed by atoms with Crippen LogP contribution in [0.2, 0.25) is 0 Å². The Hall–Kier alpha value is -1.68. The van der Waals surface area contributed by atoms with Crippen molar-refractivity contribution in [2.75, 3.05) is 0 Å². The summed E-state index contributed by atoms with van der Waals surface area (Å²) in [5, 5.41) is 4.60. The number of hydrogen-bond donors (Lipinski definition) is 0. The van der Waals surface area contributed by atoms with Crippen molar-refractivity contribution in [2.24, 2.45) is 5.92 Å². The minimum atomic E-state index is 0.748. The third-order valence-corrected chi connectivity index (χ3v) is 4.84. The first-order valence-corrected chi connectivity index (χ1v) is 8.12. The van der Waals surface area contributed by atoms with Gasteiger partial charge in [0.25, 0.3) is 0 Å². The van der Waals surface area contributed by atoms with E-state index in [0.29, 0.717) is 0 Å². The number of fused-ring (bicyclic) bond motifs is 3. The molecule has 3 aromatic rings. The highest BCUT2D eigenvalue weighted by Gasteiger charge is 2.20. The molecule has 1 aromatic carbocycles. The summed E-state index contributed by atoms with van der Waals surface area (Å²) in [4.78, 5) is 4.68. The van der Waals surface area contributed by atoms with Crippen LogP contribution in [0.3, 0.4) is 0 Å². The lowest BCUT2D eigenvalue weighted by Crippen LogP contribution is -2.16. The van der Waals surface area contributed by atoms with Gasteiger partial charge in [-0.05, 0) is 48.4 Å². The molecule has 4 rings (SSSR count). The Morgan fingerprint density at radius 3 is 2.81 bits per heavy atom. The van der Waals surface area contributed by atoms with Gasteiger partial charge in [0.1, 0.15) is 0 Å². The lowest BCUT2D eigenvalue weighted by molar-refractivity contribution is 0.485. The van der Waals surface area contributed by atoms with Crippen molar-refractivity contribution in [3.8, 4) is 11.1 Å². The first-order valence-electron chi connectivity index (χ1n) is 7.33. The lowest BCUT2D eigenvalue weighted by Gasteiger charge is -2.21. The number of aryl methyl sites for hydroxylation is 1. The van der Waals surface area contributed by atoms with E-state index in [1.165, 1.54) is 17.7 Å². The van der Waals surface area contributed by atoms with Crippen LogP contribution in [0.4, 0.5) is 0 Å². The van der Waals surface area contributed by atoms with E-state index in [-0.39, 0.29) is 0 Å². The van der Waals surface area contributed by atoms with Gasteiger partial charge in [0.15, 0.2) is 5.65 Å². The topological polar surface area (TPSA) is 30.2 Å². The average molecular weight is 342 g/mol. The van der Waals surface area contributed by atoms with Crippen LogP contribution < -0.4 is 0 Å². The first-order chi connectivity index (χ1) is 10.2. The van der Waals surface area contributed by atoms with Gasteiger partial charge < -0.3 is 0 Å². The number of nitrogens with zero attached hydrogens (tertiary/aromatic N) is 3. The molecule has 4 heteroatoms. The summed E-state index contributed by atoms with van der Waals surface area (Å²) in [6.45, 7) is 2.31. The third kappa shape index (κ3) is 2.18. The van der Waals surface area contributed by atoms with Crippen LogP contribution in [0.15, 0.2) is 41.1 Å². The van der Waals surface area contributed by atoms with Crippen molar-refractivity contribution in [1.82, 2.24) is 14.6 Å². The number of aromatic nitrogens is 3. The van der Waals surface area contributed by atoms with Crippen LogP contribution in [0.1, 0.15) is 24.6 Å². The molecule has 3 nitrogen and oxygen atoms in total. The summed E-state index contributed by atoms with van der Waals surface area (Å²) < 4.78 is 3.13. The molecule has 0 fully saturated rings. The first kappa shape index (κ1) is 13.0. The van der Waals surface area contributed by atoms with E-state index in [4.69, 9.17) is 0 Å². The fourth-order valence-electron chi connectivity index (χ4n) is 3.14. The predicted molar refractivity (Wildman–Crippen MR) is 87.3 cm³/mol. The Bertz CT molecular complexity index is 805. The Kier molecular flexibility index (Phi) is 3.07. The molecule has 0 saturated heterocycles. The van der Waals surface area contributed by atoms with Crippen LogP contribution in [-0.2, 0) is 12.8 Å². The van der Waals surface area contributed by atoms with Gasteiger partial charge in [-0.1, -0.05) is 35.0 Å². The molecule has 2 aromatic heterocycles. The summed E-state index contributed by atoms with van der Waals surface area (Å²) in [6, 6.07) is 8.31. The highest BCUT2D eigenvalue weighted by molar-refractivity contribution is 9.10. The van der Waals surface area contributed by atoms with Gasteiger partial charge in [-0.25, -0.2) is 9.50 Å². The van der Waals surface area contributed by atoms with Crippen molar-refractivity contribution in [1.29, 1.82) is 0 Å². The summed E-state index contributed by atoms with van der Waals surface area (Å²) in [5.74, 6) is 0.748. The molecule has 0 bridgehead atoms. The molecular weight excluding hydrogens is 326 g/mol. The largest absolute Gasteiger partial charge is 0.236 e. The fourth-order valence-corrected chi connectivity index (χ4v) is 3.41. The highest BCUT2D eigenvalue weighted by Crippen LogP contribution is 2.29. The molecule has 1 aliphatic rings.